The van der Waals surface area contributed by atoms with Gasteiger partial charge in [-0.1, -0.05) is 0 Å². The molecule has 6 nitrogen and oxygen atoms in total. The van der Waals surface area contributed by atoms with Crippen LogP contribution >= 0.6 is 24.2 Å². The van der Waals surface area contributed by atoms with Crippen molar-refractivity contribution >= 4 is 40.2 Å². The van der Waals surface area contributed by atoms with Crippen molar-refractivity contribution in [1.82, 2.24) is 5.32 Å². The van der Waals surface area contributed by atoms with E-state index in [-0.39, 0.29) is 19.0 Å². The van der Waals surface area contributed by atoms with E-state index in [9.17, 15) is 13.2 Å². The third-order valence-electron chi connectivity index (χ3n) is 1.63. The van der Waals surface area contributed by atoms with Gasteiger partial charge < -0.3 is 11.1 Å². The maximum absolute atomic E-state index is 11.0. The maximum atomic E-state index is 11.0. The van der Waals surface area contributed by atoms with Crippen LogP contribution in [-0.2, 0) is 14.9 Å². The van der Waals surface area contributed by atoms with Gasteiger partial charge in [-0.05, 0) is 18.4 Å². The van der Waals surface area contributed by atoms with E-state index in [1.54, 1.807) is 0 Å². The zero-order valence-electron chi connectivity index (χ0n) is 8.88. The highest BCUT2D eigenvalue weighted by molar-refractivity contribution is 7.98. The Morgan fingerprint density at radius 1 is 1.56 bits per heavy atom. The van der Waals surface area contributed by atoms with Crippen molar-refractivity contribution in [2.24, 2.45) is 5.73 Å². The topological polar surface area (TPSA) is 109 Å². The maximum Gasteiger partial charge on any atom is 0.266 e. The summed E-state index contributed by atoms with van der Waals surface area (Å²) in [5.41, 5.74) is 5.08. The smallest absolute Gasteiger partial charge is 0.266 e. The fourth-order valence-electron chi connectivity index (χ4n) is 0.998. The van der Waals surface area contributed by atoms with E-state index >= 15 is 0 Å². The molecule has 0 unspecified atom stereocenters. The number of amides is 1. The lowest BCUT2D eigenvalue weighted by Gasteiger charge is -2.16. The van der Waals surface area contributed by atoms with Crippen molar-refractivity contribution in [3.05, 3.63) is 0 Å². The van der Waals surface area contributed by atoms with Crippen molar-refractivity contribution in [2.75, 3.05) is 24.3 Å². The van der Waals surface area contributed by atoms with Gasteiger partial charge in [-0.15, -0.1) is 12.4 Å². The Balaban J connectivity index is 0. The van der Waals surface area contributed by atoms with Crippen molar-refractivity contribution in [2.45, 2.75) is 12.5 Å². The van der Waals surface area contributed by atoms with Gasteiger partial charge in [-0.25, -0.2) is 0 Å². The number of rotatable bonds is 7. The zero-order chi connectivity index (χ0) is 11.9. The lowest BCUT2D eigenvalue weighted by atomic mass is 10.2. The second kappa shape index (κ2) is 9.06. The number of nitrogens with one attached hydrogen (secondary N) is 1. The molecule has 4 N–H and O–H groups in total. The first-order valence-electron chi connectivity index (χ1n) is 4.32. The summed E-state index contributed by atoms with van der Waals surface area (Å²) in [4.78, 5) is 11.0. The summed E-state index contributed by atoms with van der Waals surface area (Å²) in [6.45, 7) is -0.193. The Bertz CT molecular complexity index is 297. The molecule has 9 heteroatoms. The summed E-state index contributed by atoms with van der Waals surface area (Å²) < 4.78 is 29.9. The van der Waals surface area contributed by atoms with Crippen LogP contribution in [0.2, 0.25) is 0 Å². The third kappa shape index (κ3) is 10.5. The molecule has 0 aliphatic rings. The molecule has 1 amide bonds. The van der Waals surface area contributed by atoms with Crippen LogP contribution in [0.25, 0.3) is 0 Å². The molecule has 0 fully saturated rings. The van der Waals surface area contributed by atoms with Gasteiger partial charge in [-0.2, -0.15) is 20.2 Å². The summed E-state index contributed by atoms with van der Waals surface area (Å²) in [6, 6.07) is -0.580. The van der Waals surface area contributed by atoms with E-state index in [4.69, 9.17) is 10.3 Å². The molecule has 0 saturated heterocycles. The fraction of sp³-hybridized carbons (Fsp3) is 0.857. The molecule has 1 atom stereocenters. The largest absolute Gasteiger partial charge is 0.351 e. The summed E-state index contributed by atoms with van der Waals surface area (Å²) in [5, 5.41) is 2.44. The molecule has 0 heterocycles. The van der Waals surface area contributed by atoms with Crippen LogP contribution in [0.1, 0.15) is 6.42 Å². The van der Waals surface area contributed by atoms with Crippen molar-refractivity contribution < 1.29 is 17.8 Å². The molecule has 0 aromatic carbocycles. The molecule has 0 rings (SSSR count). The Morgan fingerprint density at radius 3 is 2.50 bits per heavy atom. The van der Waals surface area contributed by atoms with Crippen LogP contribution in [0.3, 0.4) is 0 Å². The minimum Gasteiger partial charge on any atom is -0.351 e. The molecule has 0 bridgehead atoms. The minimum atomic E-state index is -4.07. The van der Waals surface area contributed by atoms with E-state index in [1.807, 2.05) is 6.26 Å². The van der Waals surface area contributed by atoms with Gasteiger partial charge in [0.25, 0.3) is 10.1 Å². The first-order valence-corrected chi connectivity index (χ1v) is 7.33. The van der Waals surface area contributed by atoms with Gasteiger partial charge in [0.05, 0.1) is 12.3 Å². The van der Waals surface area contributed by atoms with Crippen LogP contribution < -0.4 is 11.1 Å². The fourth-order valence-corrected chi connectivity index (χ4v) is 2.28. The molecule has 98 valence electrons. The second-order valence-corrected chi connectivity index (χ2v) is 5.48. The van der Waals surface area contributed by atoms with Gasteiger partial charge in [0.1, 0.15) is 0 Å². The van der Waals surface area contributed by atoms with E-state index in [0.29, 0.717) is 12.2 Å². The molecule has 0 radical (unpaired) electrons. The molecule has 0 saturated carbocycles. The second-order valence-electron chi connectivity index (χ2n) is 3.00. The zero-order valence-corrected chi connectivity index (χ0v) is 11.3. The van der Waals surface area contributed by atoms with Gasteiger partial charge in [0.2, 0.25) is 5.91 Å². The summed E-state index contributed by atoms with van der Waals surface area (Å²) in [7, 11) is -4.07. The van der Waals surface area contributed by atoms with Gasteiger partial charge >= 0.3 is 0 Å². The highest BCUT2D eigenvalue weighted by atomic mass is 35.5. The third-order valence-corrected chi connectivity index (χ3v) is 3.10. The minimum absolute atomic E-state index is 0. The van der Waals surface area contributed by atoms with E-state index < -0.39 is 27.8 Å². The quantitative estimate of drug-likeness (QED) is 0.545. The lowest BCUT2D eigenvalue weighted by Crippen LogP contribution is -2.42. The van der Waals surface area contributed by atoms with Crippen molar-refractivity contribution in [3.8, 4) is 0 Å². The molecule has 0 aliphatic heterocycles. The van der Waals surface area contributed by atoms with E-state index in [2.05, 4.69) is 5.32 Å². The molecule has 0 spiro atoms. The lowest BCUT2D eigenvalue weighted by molar-refractivity contribution is -0.120. The SMILES string of the molecule is CSCC[C@H](CS(=O)(=O)O)NC(=O)CN.Cl. The standard InChI is InChI=1S/C7H16N2O4S2.ClH/c1-14-3-2-6(5-15(11,12)13)9-7(10)4-8;/h6H,2-5,8H2,1H3,(H,9,10)(H,11,12,13);1H/t6-;/m1./s1. The number of hydrogen-bond acceptors (Lipinski definition) is 5. The van der Waals surface area contributed by atoms with Gasteiger partial charge in [0, 0.05) is 6.04 Å². The molecular weight excluding hydrogens is 276 g/mol. The predicted molar refractivity (Wildman–Crippen MR) is 67.6 cm³/mol. The molecule has 0 aromatic heterocycles. The van der Waals surface area contributed by atoms with Crippen molar-refractivity contribution in [1.29, 1.82) is 0 Å². The number of carbonyl (C=O) groups excluding carboxylic acids is 1. The van der Waals surface area contributed by atoms with E-state index in [1.165, 1.54) is 11.8 Å². The van der Waals surface area contributed by atoms with Crippen LogP contribution in [-0.4, -0.2) is 49.2 Å². The molecule has 0 aliphatic carbocycles. The summed E-state index contributed by atoms with van der Waals surface area (Å²) in [6.07, 6.45) is 2.35. The van der Waals surface area contributed by atoms with Crippen LogP contribution in [0.15, 0.2) is 0 Å². The monoisotopic (exact) mass is 292 g/mol. The predicted octanol–water partition coefficient (Wildman–Crippen LogP) is -0.507. The first kappa shape index (κ1) is 18.3. The number of halogens is 1. The average Bonchev–Trinajstić information content (AvgIpc) is 2.11. The molecular formula is C7H17ClN2O4S2. The van der Waals surface area contributed by atoms with Crippen molar-refractivity contribution in [3.63, 3.8) is 0 Å². The Morgan fingerprint density at radius 2 is 2.12 bits per heavy atom. The summed E-state index contributed by atoms with van der Waals surface area (Å²) in [5.74, 6) is -0.200. The molecule has 16 heavy (non-hydrogen) atoms. The number of carbonyl (C=O) groups is 1. The normalized spacial score (nSPS) is 12.7. The average molecular weight is 293 g/mol. The number of thioether (sulfide) groups is 1. The van der Waals surface area contributed by atoms with Crippen LogP contribution in [0, 0.1) is 0 Å². The molecule has 0 aromatic rings. The first-order chi connectivity index (χ1) is 6.89. The number of nitrogens with two attached hydrogens (primary N) is 1. The highest BCUT2D eigenvalue weighted by Gasteiger charge is 2.17. The van der Waals surface area contributed by atoms with Crippen LogP contribution in [0.5, 0.6) is 0 Å². The highest BCUT2D eigenvalue weighted by Crippen LogP contribution is 2.03. The van der Waals surface area contributed by atoms with Gasteiger partial charge in [0.15, 0.2) is 0 Å². The van der Waals surface area contributed by atoms with Gasteiger partial charge in [-0.3, -0.25) is 9.35 Å². The van der Waals surface area contributed by atoms with E-state index in [0.717, 1.165) is 0 Å². The van der Waals surface area contributed by atoms with Crippen LogP contribution in [0.4, 0.5) is 0 Å². The summed E-state index contributed by atoms with van der Waals surface area (Å²) >= 11 is 1.53. The number of hydrogen-bond donors (Lipinski definition) is 3. The Hall–Kier alpha value is -0.0200. The Kier molecular flexibility index (Phi) is 10.4. The Labute approximate surface area is 106 Å².